The van der Waals surface area contributed by atoms with Crippen LogP contribution in [0.3, 0.4) is 0 Å². The highest BCUT2D eigenvalue weighted by atomic mass is 32.2. The molecule has 0 spiro atoms. The topological polar surface area (TPSA) is 77.4 Å². The van der Waals surface area contributed by atoms with Gasteiger partial charge in [0.05, 0.1) is 23.2 Å². The normalized spacial score (nSPS) is 14.4. The van der Waals surface area contributed by atoms with Crippen molar-refractivity contribution < 1.29 is 17.9 Å². The van der Waals surface area contributed by atoms with Gasteiger partial charge in [0.25, 0.3) is 0 Å². The van der Waals surface area contributed by atoms with Gasteiger partial charge in [-0.25, -0.2) is 8.42 Å². The number of sulfonamides is 1. The highest BCUT2D eigenvalue weighted by molar-refractivity contribution is 7.89. The third-order valence-electron chi connectivity index (χ3n) is 8.98. The van der Waals surface area contributed by atoms with Gasteiger partial charge in [-0.05, 0) is 53.5 Å². The zero-order valence-corrected chi connectivity index (χ0v) is 26.9. The number of hydrogen-bond acceptors (Lipinski definition) is 4. The van der Waals surface area contributed by atoms with E-state index in [1.165, 1.54) is 7.11 Å². The molecule has 0 saturated carbocycles. The minimum absolute atomic E-state index is 0.0739. The number of carbonyl (C=O) groups excluding carboxylic acids is 1. The summed E-state index contributed by atoms with van der Waals surface area (Å²) in [5, 5.41) is 0.934. The van der Waals surface area contributed by atoms with Crippen molar-refractivity contribution in [3.63, 3.8) is 0 Å². The summed E-state index contributed by atoms with van der Waals surface area (Å²) in [6, 6.07) is 44.5. The lowest BCUT2D eigenvalue weighted by molar-refractivity contribution is -0.142. The molecule has 0 saturated heterocycles. The lowest BCUT2D eigenvalue weighted by atomic mass is 9.82. The van der Waals surface area contributed by atoms with Crippen molar-refractivity contribution in [1.82, 2.24) is 9.29 Å². The molecule has 6 aromatic rings. The summed E-state index contributed by atoms with van der Waals surface area (Å²) in [5.74, 6) is -0.662. The average molecular weight is 639 g/mol. The van der Waals surface area contributed by atoms with Crippen LogP contribution in [0.5, 0.6) is 0 Å². The summed E-state index contributed by atoms with van der Waals surface area (Å²) >= 11 is 0. The molecule has 7 rings (SSSR count). The van der Waals surface area contributed by atoms with Gasteiger partial charge in [-0.15, -0.1) is 0 Å². The zero-order valence-electron chi connectivity index (χ0n) is 26.1. The van der Waals surface area contributed by atoms with Crippen molar-refractivity contribution in [1.29, 1.82) is 0 Å². The first-order chi connectivity index (χ1) is 22.8. The Kier molecular flexibility index (Phi) is 7.88. The summed E-state index contributed by atoms with van der Waals surface area (Å²) in [5.41, 5.74) is 7.12. The molecule has 1 aromatic heterocycles. The molecule has 1 aliphatic heterocycles. The van der Waals surface area contributed by atoms with E-state index in [0.717, 1.165) is 50.0 Å². The molecule has 0 bridgehead atoms. The fourth-order valence-electron chi connectivity index (χ4n) is 6.81. The van der Waals surface area contributed by atoms with Crippen LogP contribution in [-0.2, 0) is 31.5 Å². The molecular formula is C40H34N2O4S. The lowest BCUT2D eigenvalue weighted by Gasteiger charge is -2.33. The second-order valence-electron chi connectivity index (χ2n) is 11.8. The number of nitrogens with one attached hydrogen (secondary N) is 1. The number of fused-ring (bicyclic) bond motifs is 3. The smallest absolute Gasteiger partial charge is 0.324 e. The minimum atomic E-state index is -4.05. The van der Waals surface area contributed by atoms with Gasteiger partial charge in [-0.3, -0.25) is 4.79 Å². The molecule has 47 heavy (non-hydrogen) atoms. The molecule has 2 heterocycles. The van der Waals surface area contributed by atoms with Crippen molar-refractivity contribution in [2.45, 2.75) is 29.8 Å². The second-order valence-corrected chi connectivity index (χ2v) is 13.5. The number of aromatic nitrogens is 1. The van der Waals surface area contributed by atoms with Crippen molar-refractivity contribution in [3.8, 4) is 0 Å². The number of ether oxygens (including phenoxy) is 1. The maximum atomic E-state index is 13.6. The van der Waals surface area contributed by atoms with Crippen LogP contribution in [-0.4, -0.2) is 32.1 Å². The van der Waals surface area contributed by atoms with Crippen molar-refractivity contribution >= 4 is 32.5 Å². The molecule has 1 N–H and O–H groups in total. The summed E-state index contributed by atoms with van der Waals surface area (Å²) in [4.78, 5) is 13.5. The third-order valence-corrected chi connectivity index (χ3v) is 10.5. The molecular weight excluding hydrogens is 605 g/mol. The molecule has 6 nitrogen and oxygen atoms in total. The van der Waals surface area contributed by atoms with Gasteiger partial charge in [0, 0.05) is 17.4 Å². The Hall–Kier alpha value is -5.24. The Labute approximate surface area is 275 Å². The maximum Gasteiger partial charge on any atom is 0.324 e. The predicted molar refractivity (Wildman–Crippen MR) is 186 cm³/mol. The van der Waals surface area contributed by atoms with Gasteiger partial charge < -0.3 is 9.30 Å². The summed E-state index contributed by atoms with van der Waals surface area (Å²) in [6.07, 6.45) is 2.38. The van der Waals surface area contributed by atoms with E-state index in [0.29, 0.717) is 0 Å². The van der Waals surface area contributed by atoms with Gasteiger partial charge in [0.1, 0.15) is 11.6 Å². The van der Waals surface area contributed by atoms with E-state index in [4.69, 9.17) is 4.74 Å². The first-order valence-electron chi connectivity index (χ1n) is 15.5. The van der Waals surface area contributed by atoms with E-state index < -0.39 is 27.6 Å². The average Bonchev–Trinajstić information content (AvgIpc) is 3.63. The first-order valence-corrected chi connectivity index (χ1v) is 17.0. The molecule has 0 aliphatic carbocycles. The van der Waals surface area contributed by atoms with Crippen LogP contribution in [0.1, 0.15) is 33.5 Å². The predicted octanol–water partition coefficient (Wildman–Crippen LogP) is 7.25. The molecule has 0 radical (unpaired) electrons. The molecule has 5 aromatic carbocycles. The van der Waals surface area contributed by atoms with Crippen LogP contribution in [0, 0.1) is 6.92 Å². The Morgan fingerprint density at radius 2 is 1.32 bits per heavy atom. The van der Waals surface area contributed by atoms with Gasteiger partial charge >= 0.3 is 5.97 Å². The van der Waals surface area contributed by atoms with E-state index in [-0.39, 0.29) is 11.3 Å². The fourth-order valence-corrected chi connectivity index (χ4v) is 8.00. The van der Waals surface area contributed by atoms with E-state index >= 15 is 0 Å². The number of nitrogens with zero attached hydrogens (tertiary/aromatic N) is 1. The molecule has 0 fully saturated rings. The SMILES string of the molecule is COC(=O)C(Cc1c2n(c3ccccc13)C(c1ccccc1)(c1ccccc1)C=C2c1ccccc1)NS(=O)(=O)c1ccc(C)cc1. The number of aryl methyl sites for hydroxylation is 1. The number of hydrogen-bond donors (Lipinski definition) is 1. The van der Waals surface area contributed by atoms with Crippen LogP contribution in [0.4, 0.5) is 0 Å². The van der Waals surface area contributed by atoms with E-state index in [2.05, 4.69) is 57.8 Å². The molecule has 0 amide bonds. The largest absolute Gasteiger partial charge is 0.468 e. The summed E-state index contributed by atoms with van der Waals surface area (Å²) < 4.78 is 37.5. The molecule has 7 heteroatoms. The number of methoxy groups -OCH3 is 1. The van der Waals surface area contributed by atoms with Gasteiger partial charge in [-0.1, -0.05) is 127 Å². The molecule has 1 unspecified atom stereocenters. The van der Waals surface area contributed by atoms with Crippen molar-refractivity contribution in [2.75, 3.05) is 7.11 Å². The Morgan fingerprint density at radius 1 is 0.766 bits per heavy atom. The first kappa shape index (κ1) is 30.4. The zero-order chi connectivity index (χ0) is 32.6. The summed E-state index contributed by atoms with van der Waals surface area (Å²) in [6.45, 7) is 1.89. The van der Waals surface area contributed by atoms with E-state index in [9.17, 15) is 13.2 Å². The second kappa shape index (κ2) is 12.2. The Balaban J connectivity index is 1.49. The Morgan fingerprint density at radius 3 is 1.91 bits per heavy atom. The Bertz CT molecular complexity index is 2170. The number of benzene rings is 5. The van der Waals surface area contributed by atoms with E-state index in [1.54, 1.807) is 24.3 Å². The monoisotopic (exact) mass is 638 g/mol. The van der Waals surface area contributed by atoms with Crippen LogP contribution < -0.4 is 4.72 Å². The molecule has 1 aliphatic rings. The van der Waals surface area contributed by atoms with Crippen molar-refractivity contribution in [3.05, 3.63) is 179 Å². The highest BCUT2D eigenvalue weighted by Crippen LogP contribution is 2.51. The molecule has 234 valence electrons. The van der Waals surface area contributed by atoms with Crippen LogP contribution >= 0.6 is 0 Å². The fraction of sp³-hybridized carbons (Fsp3) is 0.125. The number of rotatable bonds is 9. The van der Waals surface area contributed by atoms with Gasteiger partial charge in [-0.2, -0.15) is 4.72 Å². The standard InChI is InChI=1S/C40H34N2O4S/c1-28-22-24-32(25-23-28)47(44,45)41-36(39(43)46-2)26-34-33-20-12-13-21-37(33)42-38(34)35(29-14-6-3-7-15-29)27-40(42,30-16-8-4-9-17-30)31-18-10-5-11-19-31/h3-25,27,36,41H,26H2,1-2H3. The minimum Gasteiger partial charge on any atom is -0.468 e. The van der Waals surface area contributed by atoms with Crippen LogP contribution in [0.2, 0.25) is 0 Å². The number of para-hydroxylation sites is 1. The quantitative estimate of drug-likeness (QED) is 0.169. The molecule has 1 atom stereocenters. The summed E-state index contributed by atoms with van der Waals surface area (Å²) in [7, 11) is -2.77. The van der Waals surface area contributed by atoms with Crippen molar-refractivity contribution in [2.24, 2.45) is 0 Å². The van der Waals surface area contributed by atoms with Crippen LogP contribution in [0.25, 0.3) is 16.5 Å². The lowest BCUT2D eigenvalue weighted by Crippen LogP contribution is -2.43. The van der Waals surface area contributed by atoms with Gasteiger partial charge in [0.2, 0.25) is 10.0 Å². The number of carbonyl (C=O) groups is 1. The van der Waals surface area contributed by atoms with E-state index in [1.807, 2.05) is 79.7 Å². The number of esters is 1. The maximum absolute atomic E-state index is 13.6. The van der Waals surface area contributed by atoms with Gasteiger partial charge in [0.15, 0.2) is 0 Å². The number of allylic oxidation sites excluding steroid dienone is 1. The van der Waals surface area contributed by atoms with Crippen LogP contribution in [0.15, 0.2) is 150 Å². The third kappa shape index (κ3) is 5.27. The highest BCUT2D eigenvalue weighted by Gasteiger charge is 2.44.